The molecule has 1 aromatic heterocycles. The number of fused-ring (bicyclic) bond motifs is 1. The number of nitrogens with zero attached hydrogens (tertiary/aromatic N) is 2. The van der Waals surface area contributed by atoms with Gasteiger partial charge in [0.25, 0.3) is 5.91 Å². The van der Waals surface area contributed by atoms with Crippen LogP contribution in [0.3, 0.4) is 0 Å². The minimum absolute atomic E-state index is 0.0284. The van der Waals surface area contributed by atoms with Gasteiger partial charge in [-0.25, -0.2) is 4.98 Å². The van der Waals surface area contributed by atoms with Crippen LogP contribution in [0.1, 0.15) is 42.6 Å². The van der Waals surface area contributed by atoms with Crippen molar-refractivity contribution in [2.75, 3.05) is 11.4 Å². The van der Waals surface area contributed by atoms with Crippen molar-refractivity contribution in [2.45, 2.75) is 38.8 Å². The van der Waals surface area contributed by atoms with Gasteiger partial charge in [0.15, 0.2) is 0 Å². The largest absolute Gasteiger partial charge is 0.351 e. The number of pyridine rings is 1. The molecule has 1 saturated heterocycles. The summed E-state index contributed by atoms with van der Waals surface area (Å²) >= 11 is 0. The Labute approximate surface area is 101 Å². The molecule has 0 aliphatic carbocycles. The Morgan fingerprint density at radius 1 is 1.47 bits per heavy atom. The van der Waals surface area contributed by atoms with Gasteiger partial charge in [0.2, 0.25) is 0 Å². The normalized spacial score (nSPS) is 21.5. The van der Waals surface area contributed by atoms with E-state index in [1.807, 2.05) is 12.3 Å². The first kappa shape index (κ1) is 10.6. The van der Waals surface area contributed by atoms with Crippen LogP contribution in [0.15, 0.2) is 12.3 Å². The van der Waals surface area contributed by atoms with E-state index in [0.29, 0.717) is 6.54 Å². The Kier molecular flexibility index (Phi) is 2.15. The number of hydrogen-bond donors (Lipinski definition) is 1. The quantitative estimate of drug-likeness (QED) is 0.800. The average Bonchev–Trinajstić information content (AvgIpc) is 2.82. The summed E-state index contributed by atoms with van der Waals surface area (Å²) in [7, 11) is 0. The van der Waals surface area contributed by atoms with Crippen molar-refractivity contribution in [2.24, 2.45) is 0 Å². The van der Waals surface area contributed by atoms with Crippen molar-refractivity contribution >= 4 is 11.7 Å². The molecule has 17 heavy (non-hydrogen) atoms. The minimum Gasteiger partial charge on any atom is -0.351 e. The molecule has 0 atom stereocenters. The molecule has 1 fully saturated rings. The van der Waals surface area contributed by atoms with E-state index in [9.17, 15) is 4.79 Å². The van der Waals surface area contributed by atoms with Crippen LogP contribution in [0.5, 0.6) is 0 Å². The molecule has 1 aromatic rings. The van der Waals surface area contributed by atoms with Gasteiger partial charge in [-0.05, 0) is 32.8 Å². The number of carbonyl (C=O) groups is 1. The van der Waals surface area contributed by atoms with Gasteiger partial charge in [-0.3, -0.25) is 4.79 Å². The average molecular weight is 231 g/mol. The van der Waals surface area contributed by atoms with Crippen LogP contribution in [-0.2, 0) is 6.54 Å². The second kappa shape index (κ2) is 3.45. The molecule has 0 saturated carbocycles. The number of amides is 1. The molecule has 4 heteroatoms. The van der Waals surface area contributed by atoms with Crippen LogP contribution in [0.2, 0.25) is 0 Å². The smallest absolute Gasteiger partial charge is 0.252 e. The lowest BCUT2D eigenvalue weighted by molar-refractivity contribution is 0.0965. The molecule has 2 aliphatic rings. The zero-order chi connectivity index (χ0) is 12.0. The Morgan fingerprint density at radius 3 is 3.00 bits per heavy atom. The van der Waals surface area contributed by atoms with Crippen LogP contribution in [-0.4, -0.2) is 23.0 Å². The van der Waals surface area contributed by atoms with E-state index in [0.717, 1.165) is 23.5 Å². The molecule has 1 N–H and O–H groups in total. The van der Waals surface area contributed by atoms with Gasteiger partial charge in [-0.15, -0.1) is 0 Å². The van der Waals surface area contributed by atoms with Crippen molar-refractivity contribution in [3.05, 3.63) is 23.4 Å². The predicted molar refractivity (Wildman–Crippen MR) is 66.1 cm³/mol. The predicted octanol–water partition coefficient (Wildman–Crippen LogP) is 1.70. The van der Waals surface area contributed by atoms with Crippen molar-refractivity contribution in [3.8, 4) is 0 Å². The third-order valence-corrected chi connectivity index (χ3v) is 3.83. The summed E-state index contributed by atoms with van der Waals surface area (Å²) in [6.07, 6.45) is 4.20. The monoisotopic (exact) mass is 231 g/mol. The second-order valence-electron chi connectivity index (χ2n) is 5.45. The van der Waals surface area contributed by atoms with Gasteiger partial charge < -0.3 is 10.2 Å². The highest BCUT2D eigenvalue weighted by Crippen LogP contribution is 2.33. The van der Waals surface area contributed by atoms with E-state index in [4.69, 9.17) is 0 Å². The Hall–Kier alpha value is -1.58. The second-order valence-corrected chi connectivity index (χ2v) is 5.45. The van der Waals surface area contributed by atoms with E-state index in [1.165, 1.54) is 12.8 Å². The molecule has 1 amide bonds. The number of rotatable bonds is 1. The maximum absolute atomic E-state index is 11.6. The van der Waals surface area contributed by atoms with Crippen LogP contribution < -0.4 is 10.2 Å². The third-order valence-electron chi connectivity index (χ3n) is 3.83. The highest BCUT2D eigenvalue weighted by molar-refractivity contribution is 5.98. The molecule has 90 valence electrons. The Morgan fingerprint density at radius 2 is 2.29 bits per heavy atom. The Balaban J connectivity index is 2.00. The van der Waals surface area contributed by atoms with Gasteiger partial charge in [-0.1, -0.05) is 0 Å². The summed E-state index contributed by atoms with van der Waals surface area (Å²) < 4.78 is 0. The van der Waals surface area contributed by atoms with Crippen LogP contribution in [0, 0.1) is 0 Å². The lowest BCUT2D eigenvalue weighted by Gasteiger charge is -2.32. The minimum atomic E-state index is 0.0284. The first-order chi connectivity index (χ1) is 8.08. The zero-order valence-electron chi connectivity index (χ0n) is 10.3. The van der Waals surface area contributed by atoms with Crippen LogP contribution in [0.4, 0.5) is 5.82 Å². The maximum atomic E-state index is 11.6. The fourth-order valence-electron chi connectivity index (χ4n) is 2.78. The molecule has 0 radical (unpaired) electrons. The zero-order valence-corrected chi connectivity index (χ0v) is 10.3. The fourth-order valence-corrected chi connectivity index (χ4v) is 2.78. The maximum Gasteiger partial charge on any atom is 0.252 e. The number of aromatic nitrogens is 1. The molecule has 4 nitrogen and oxygen atoms in total. The lowest BCUT2D eigenvalue weighted by Crippen LogP contribution is -2.38. The van der Waals surface area contributed by atoms with Gasteiger partial charge in [0, 0.05) is 36.0 Å². The van der Waals surface area contributed by atoms with E-state index in [1.54, 1.807) is 0 Å². The molecule has 0 aromatic carbocycles. The number of anilines is 1. The van der Waals surface area contributed by atoms with Crippen molar-refractivity contribution in [1.29, 1.82) is 0 Å². The molecular formula is C13H17N3O. The standard InChI is InChI=1S/C13H17N3O/c1-13(2)4-3-5-16(13)11-6-10-9(7-14-11)8-15-12(10)17/h6-7H,3-5,8H2,1-2H3,(H,15,17). The summed E-state index contributed by atoms with van der Waals surface area (Å²) in [5.74, 6) is 0.962. The fraction of sp³-hybridized carbons (Fsp3) is 0.538. The highest BCUT2D eigenvalue weighted by atomic mass is 16.1. The molecule has 0 unspecified atom stereocenters. The third kappa shape index (κ3) is 1.59. The molecule has 3 heterocycles. The number of hydrogen-bond acceptors (Lipinski definition) is 3. The van der Waals surface area contributed by atoms with Crippen molar-refractivity contribution in [1.82, 2.24) is 10.3 Å². The molecule has 0 spiro atoms. The summed E-state index contributed by atoms with van der Waals surface area (Å²) in [5, 5.41) is 2.83. The Bertz CT molecular complexity index is 482. The first-order valence-electron chi connectivity index (χ1n) is 6.13. The lowest BCUT2D eigenvalue weighted by atomic mass is 10.0. The molecular weight excluding hydrogens is 214 g/mol. The van der Waals surface area contributed by atoms with Crippen molar-refractivity contribution < 1.29 is 4.79 Å². The summed E-state index contributed by atoms with van der Waals surface area (Å²) in [5.41, 5.74) is 1.95. The van der Waals surface area contributed by atoms with Gasteiger partial charge >= 0.3 is 0 Å². The van der Waals surface area contributed by atoms with Crippen LogP contribution >= 0.6 is 0 Å². The molecule has 3 rings (SSSR count). The topological polar surface area (TPSA) is 45.2 Å². The van der Waals surface area contributed by atoms with Crippen molar-refractivity contribution in [3.63, 3.8) is 0 Å². The molecule has 2 aliphatic heterocycles. The van der Waals surface area contributed by atoms with E-state index < -0.39 is 0 Å². The van der Waals surface area contributed by atoms with E-state index in [2.05, 4.69) is 29.0 Å². The highest BCUT2D eigenvalue weighted by Gasteiger charge is 2.33. The van der Waals surface area contributed by atoms with Gasteiger partial charge in [0.1, 0.15) is 5.82 Å². The first-order valence-corrected chi connectivity index (χ1v) is 6.13. The van der Waals surface area contributed by atoms with E-state index >= 15 is 0 Å². The summed E-state index contributed by atoms with van der Waals surface area (Å²) in [4.78, 5) is 18.4. The number of nitrogens with one attached hydrogen (secondary N) is 1. The molecule has 0 bridgehead atoms. The van der Waals surface area contributed by atoms with E-state index in [-0.39, 0.29) is 11.4 Å². The number of carbonyl (C=O) groups excluding carboxylic acids is 1. The van der Waals surface area contributed by atoms with Gasteiger partial charge in [0.05, 0.1) is 0 Å². The van der Waals surface area contributed by atoms with Crippen LogP contribution in [0.25, 0.3) is 0 Å². The van der Waals surface area contributed by atoms with Gasteiger partial charge in [-0.2, -0.15) is 0 Å². The SMILES string of the molecule is CC1(C)CCCN1c1cc2c(cn1)CNC2=O. The summed E-state index contributed by atoms with van der Waals surface area (Å²) in [6, 6.07) is 1.94. The summed E-state index contributed by atoms with van der Waals surface area (Å²) in [6.45, 7) is 6.11.